The molecule has 108 valence electrons. The van der Waals surface area contributed by atoms with E-state index in [2.05, 4.69) is 26.1 Å². The van der Waals surface area contributed by atoms with Crippen LogP contribution in [0.25, 0.3) is 0 Å². The second kappa shape index (κ2) is 5.65. The van der Waals surface area contributed by atoms with Crippen LogP contribution in [0.5, 0.6) is 0 Å². The highest BCUT2D eigenvalue weighted by Crippen LogP contribution is 2.22. The van der Waals surface area contributed by atoms with Crippen LogP contribution in [0, 0.1) is 0 Å². The minimum absolute atomic E-state index is 0.0671. The first-order valence-electron chi connectivity index (χ1n) is 7.04. The number of carbonyl (C=O) groups excluding carboxylic acids is 2. The zero-order valence-corrected chi connectivity index (χ0v) is 12.4. The van der Waals surface area contributed by atoms with Crippen molar-refractivity contribution in [3.8, 4) is 0 Å². The molecule has 0 saturated carbocycles. The van der Waals surface area contributed by atoms with E-state index in [4.69, 9.17) is 0 Å². The predicted octanol–water partition coefficient (Wildman–Crippen LogP) is 1.95. The lowest BCUT2D eigenvalue weighted by atomic mass is 9.86. The zero-order chi connectivity index (χ0) is 14.8. The first-order chi connectivity index (χ1) is 9.38. The van der Waals surface area contributed by atoms with Crippen LogP contribution in [-0.4, -0.2) is 36.3 Å². The van der Waals surface area contributed by atoms with Crippen LogP contribution in [0.2, 0.25) is 0 Å². The molecule has 4 nitrogen and oxygen atoms in total. The summed E-state index contributed by atoms with van der Waals surface area (Å²) < 4.78 is 0. The van der Waals surface area contributed by atoms with Crippen LogP contribution in [0.15, 0.2) is 24.3 Å². The number of nitrogens with zero attached hydrogens (tertiary/aromatic N) is 1. The third-order valence-electron chi connectivity index (χ3n) is 3.55. The van der Waals surface area contributed by atoms with Crippen LogP contribution in [-0.2, 0) is 10.2 Å². The Morgan fingerprint density at radius 2 is 1.85 bits per heavy atom. The highest BCUT2D eigenvalue weighted by molar-refractivity contribution is 5.96. The summed E-state index contributed by atoms with van der Waals surface area (Å²) >= 11 is 0. The Morgan fingerprint density at radius 3 is 2.45 bits per heavy atom. The second-order valence-corrected chi connectivity index (χ2v) is 6.26. The molecule has 20 heavy (non-hydrogen) atoms. The monoisotopic (exact) mass is 274 g/mol. The Hall–Kier alpha value is -1.84. The van der Waals surface area contributed by atoms with Crippen LogP contribution in [0.3, 0.4) is 0 Å². The van der Waals surface area contributed by atoms with Gasteiger partial charge in [0.1, 0.15) is 0 Å². The van der Waals surface area contributed by atoms with Gasteiger partial charge in [-0.25, -0.2) is 0 Å². The van der Waals surface area contributed by atoms with Crippen LogP contribution in [0.4, 0.5) is 0 Å². The van der Waals surface area contributed by atoms with Gasteiger partial charge in [-0.2, -0.15) is 0 Å². The van der Waals surface area contributed by atoms with Crippen LogP contribution < -0.4 is 5.32 Å². The number of nitrogens with one attached hydrogen (secondary N) is 1. The van der Waals surface area contributed by atoms with Crippen molar-refractivity contribution in [3.63, 3.8) is 0 Å². The number of hydrogen-bond acceptors (Lipinski definition) is 2. The van der Waals surface area contributed by atoms with Crippen molar-refractivity contribution in [2.45, 2.75) is 32.6 Å². The maximum Gasteiger partial charge on any atom is 0.254 e. The van der Waals surface area contributed by atoms with E-state index in [9.17, 15) is 9.59 Å². The van der Waals surface area contributed by atoms with Gasteiger partial charge in [-0.1, -0.05) is 32.9 Å². The average Bonchev–Trinajstić information content (AvgIpc) is 2.62. The molecule has 0 spiro atoms. The third-order valence-corrected chi connectivity index (χ3v) is 3.55. The Balaban J connectivity index is 2.14. The van der Waals surface area contributed by atoms with Gasteiger partial charge < -0.3 is 10.2 Å². The van der Waals surface area contributed by atoms with Gasteiger partial charge in [0.05, 0.1) is 6.54 Å². The maximum absolute atomic E-state index is 12.4. The average molecular weight is 274 g/mol. The second-order valence-electron chi connectivity index (χ2n) is 6.26. The maximum atomic E-state index is 12.4. The van der Waals surface area contributed by atoms with E-state index in [-0.39, 0.29) is 23.8 Å². The van der Waals surface area contributed by atoms with E-state index in [0.717, 1.165) is 6.42 Å². The summed E-state index contributed by atoms with van der Waals surface area (Å²) in [7, 11) is 0. The topological polar surface area (TPSA) is 49.4 Å². The van der Waals surface area contributed by atoms with Crippen molar-refractivity contribution in [1.82, 2.24) is 10.2 Å². The number of carbonyl (C=O) groups is 2. The number of hydrogen-bond donors (Lipinski definition) is 1. The molecule has 1 fully saturated rings. The van der Waals surface area contributed by atoms with Crippen molar-refractivity contribution >= 4 is 11.8 Å². The summed E-state index contributed by atoms with van der Waals surface area (Å²) in [5.41, 5.74) is 1.92. The first-order valence-corrected chi connectivity index (χ1v) is 7.04. The van der Waals surface area contributed by atoms with Crippen LogP contribution >= 0.6 is 0 Å². The predicted molar refractivity (Wildman–Crippen MR) is 78.7 cm³/mol. The Bertz CT molecular complexity index is 500. The van der Waals surface area contributed by atoms with E-state index >= 15 is 0 Å². The van der Waals surface area contributed by atoms with Gasteiger partial charge in [0.25, 0.3) is 5.91 Å². The van der Waals surface area contributed by atoms with E-state index in [1.807, 2.05) is 24.3 Å². The van der Waals surface area contributed by atoms with Crippen molar-refractivity contribution in [1.29, 1.82) is 0 Å². The summed E-state index contributed by atoms with van der Waals surface area (Å²) in [6, 6.07) is 7.69. The van der Waals surface area contributed by atoms with Crippen molar-refractivity contribution < 1.29 is 9.59 Å². The minimum Gasteiger partial charge on any atom is -0.354 e. The summed E-state index contributed by atoms with van der Waals surface area (Å²) in [6.45, 7) is 7.85. The van der Waals surface area contributed by atoms with Gasteiger partial charge >= 0.3 is 0 Å². The van der Waals surface area contributed by atoms with Gasteiger partial charge in [-0.3, -0.25) is 9.59 Å². The molecular formula is C16H22N2O2. The van der Waals surface area contributed by atoms with E-state index in [0.29, 0.717) is 18.7 Å². The summed E-state index contributed by atoms with van der Waals surface area (Å²) in [5, 5.41) is 2.78. The fraction of sp³-hybridized carbons (Fsp3) is 0.500. The number of rotatable bonds is 1. The molecule has 2 amide bonds. The van der Waals surface area contributed by atoms with E-state index < -0.39 is 0 Å². The van der Waals surface area contributed by atoms with Crippen LogP contribution in [0.1, 0.15) is 43.1 Å². The molecule has 0 bridgehead atoms. The molecule has 1 saturated heterocycles. The highest BCUT2D eigenvalue weighted by Gasteiger charge is 2.21. The lowest BCUT2D eigenvalue weighted by Gasteiger charge is -2.21. The zero-order valence-electron chi connectivity index (χ0n) is 12.4. The molecule has 0 aromatic heterocycles. The third kappa shape index (κ3) is 3.38. The van der Waals surface area contributed by atoms with Gasteiger partial charge in [-0.05, 0) is 29.5 Å². The molecule has 1 aromatic carbocycles. The minimum atomic E-state index is -0.0813. The molecule has 0 unspecified atom stereocenters. The van der Waals surface area contributed by atoms with Gasteiger partial charge in [-0.15, -0.1) is 0 Å². The molecule has 1 aromatic rings. The molecule has 0 atom stereocenters. The van der Waals surface area contributed by atoms with E-state index in [1.54, 1.807) is 4.90 Å². The summed E-state index contributed by atoms with van der Waals surface area (Å²) in [4.78, 5) is 25.5. The van der Waals surface area contributed by atoms with Gasteiger partial charge in [0.15, 0.2) is 0 Å². The molecule has 4 heteroatoms. The van der Waals surface area contributed by atoms with Gasteiger partial charge in [0, 0.05) is 18.7 Å². The molecule has 0 radical (unpaired) electrons. The number of amides is 2. The molecular weight excluding hydrogens is 252 g/mol. The molecule has 1 aliphatic rings. The fourth-order valence-corrected chi connectivity index (χ4v) is 2.27. The first kappa shape index (κ1) is 14.6. The van der Waals surface area contributed by atoms with Crippen molar-refractivity contribution in [2.75, 3.05) is 19.6 Å². The molecule has 0 aliphatic carbocycles. The normalized spacial score (nSPS) is 16.6. The number of benzene rings is 1. The quantitative estimate of drug-likeness (QED) is 0.851. The van der Waals surface area contributed by atoms with Gasteiger partial charge in [0.2, 0.25) is 5.91 Å². The summed E-state index contributed by atoms with van der Waals surface area (Å²) in [5.74, 6) is -0.148. The Morgan fingerprint density at radius 1 is 1.20 bits per heavy atom. The molecule has 1 heterocycles. The lowest BCUT2D eigenvalue weighted by Crippen LogP contribution is -2.37. The SMILES string of the molecule is CC(C)(C)c1ccc(C(=O)N2CCCNC(=O)C2)cc1. The lowest BCUT2D eigenvalue weighted by molar-refractivity contribution is -0.121. The molecule has 1 N–H and O–H groups in total. The molecule has 1 aliphatic heterocycles. The fourth-order valence-electron chi connectivity index (χ4n) is 2.27. The van der Waals surface area contributed by atoms with Crippen molar-refractivity contribution in [3.05, 3.63) is 35.4 Å². The largest absolute Gasteiger partial charge is 0.354 e. The smallest absolute Gasteiger partial charge is 0.254 e. The Labute approximate surface area is 120 Å². The standard InChI is InChI=1S/C16H22N2O2/c1-16(2,3)13-7-5-12(6-8-13)15(20)18-10-4-9-17-14(19)11-18/h5-8H,4,9-11H2,1-3H3,(H,17,19). The Kier molecular flexibility index (Phi) is 4.12. The van der Waals surface area contributed by atoms with Crippen molar-refractivity contribution in [2.24, 2.45) is 0 Å². The molecule has 2 rings (SSSR count). The summed E-state index contributed by atoms with van der Waals surface area (Å²) in [6.07, 6.45) is 0.803. The van der Waals surface area contributed by atoms with E-state index in [1.165, 1.54) is 5.56 Å². The highest BCUT2D eigenvalue weighted by atomic mass is 16.2.